The molecule has 19 heavy (non-hydrogen) atoms. The lowest BCUT2D eigenvalue weighted by molar-refractivity contribution is 0.121. The van der Waals surface area contributed by atoms with Gasteiger partial charge in [0.15, 0.2) is 0 Å². The van der Waals surface area contributed by atoms with E-state index < -0.39 is 0 Å². The van der Waals surface area contributed by atoms with Gasteiger partial charge in [-0.05, 0) is 58.2 Å². The van der Waals surface area contributed by atoms with Crippen molar-refractivity contribution < 1.29 is 0 Å². The van der Waals surface area contributed by atoms with E-state index in [1.165, 1.54) is 64.5 Å². The summed E-state index contributed by atoms with van der Waals surface area (Å²) in [5.41, 5.74) is 6.07. The van der Waals surface area contributed by atoms with E-state index in [1.54, 1.807) is 0 Å². The maximum atomic E-state index is 6.07. The summed E-state index contributed by atoms with van der Waals surface area (Å²) in [5, 5.41) is 0. The lowest BCUT2D eigenvalue weighted by Gasteiger charge is -2.37. The highest BCUT2D eigenvalue weighted by atomic mass is 15.3. The van der Waals surface area contributed by atoms with Crippen LogP contribution in [0.1, 0.15) is 51.4 Å². The zero-order chi connectivity index (χ0) is 13.2. The number of nitrogens with zero attached hydrogens (tertiary/aromatic N) is 2. The van der Waals surface area contributed by atoms with Crippen LogP contribution in [0.5, 0.6) is 0 Å². The molecule has 0 aromatic carbocycles. The van der Waals surface area contributed by atoms with Crippen LogP contribution >= 0.6 is 0 Å². The van der Waals surface area contributed by atoms with E-state index in [0.29, 0.717) is 0 Å². The van der Waals surface area contributed by atoms with Crippen LogP contribution in [0.3, 0.4) is 0 Å². The van der Waals surface area contributed by atoms with E-state index in [9.17, 15) is 0 Å². The molecule has 2 heterocycles. The van der Waals surface area contributed by atoms with E-state index in [4.69, 9.17) is 5.73 Å². The molecule has 3 aliphatic rings. The van der Waals surface area contributed by atoms with E-state index in [1.807, 2.05) is 0 Å². The Morgan fingerprint density at radius 3 is 2.58 bits per heavy atom. The van der Waals surface area contributed by atoms with E-state index in [2.05, 4.69) is 16.8 Å². The monoisotopic (exact) mass is 265 g/mol. The Kier molecular flexibility index (Phi) is 4.45. The molecule has 1 aliphatic carbocycles. The summed E-state index contributed by atoms with van der Waals surface area (Å²) >= 11 is 0. The predicted molar refractivity (Wildman–Crippen MR) is 80.2 cm³/mol. The molecule has 3 heteroatoms. The summed E-state index contributed by atoms with van der Waals surface area (Å²) in [5.74, 6) is 0.754. The molecule has 110 valence electrons. The molecule has 2 bridgehead atoms. The van der Waals surface area contributed by atoms with Crippen molar-refractivity contribution in [2.75, 3.05) is 26.7 Å². The first kappa shape index (κ1) is 13.8. The second-order valence-electron chi connectivity index (χ2n) is 7.04. The lowest BCUT2D eigenvalue weighted by atomic mass is 9.92. The molecule has 0 aromatic rings. The van der Waals surface area contributed by atoms with Gasteiger partial charge in [-0.2, -0.15) is 0 Å². The topological polar surface area (TPSA) is 32.5 Å². The molecule has 4 atom stereocenters. The molecule has 0 spiro atoms. The van der Waals surface area contributed by atoms with Gasteiger partial charge in [-0.25, -0.2) is 0 Å². The highest BCUT2D eigenvalue weighted by molar-refractivity contribution is 4.94. The second kappa shape index (κ2) is 6.11. The zero-order valence-corrected chi connectivity index (χ0v) is 12.6. The average Bonchev–Trinajstić information content (AvgIpc) is 2.58. The van der Waals surface area contributed by atoms with Crippen molar-refractivity contribution >= 4 is 0 Å². The number of hydrogen-bond donors (Lipinski definition) is 1. The Bertz CT molecular complexity index is 294. The van der Waals surface area contributed by atoms with E-state index in [-0.39, 0.29) is 0 Å². The van der Waals surface area contributed by atoms with Crippen molar-refractivity contribution in [3.8, 4) is 0 Å². The third-order valence-electron chi connectivity index (χ3n) is 6.07. The maximum absolute atomic E-state index is 6.07. The molecule has 0 amide bonds. The van der Waals surface area contributed by atoms with Crippen LogP contribution < -0.4 is 5.73 Å². The summed E-state index contributed by atoms with van der Waals surface area (Å²) in [6.07, 6.45) is 11.2. The third-order valence-corrected chi connectivity index (χ3v) is 6.07. The quantitative estimate of drug-likeness (QED) is 0.776. The molecule has 3 fully saturated rings. The highest BCUT2D eigenvalue weighted by Crippen LogP contribution is 2.33. The van der Waals surface area contributed by atoms with Gasteiger partial charge < -0.3 is 5.73 Å². The lowest BCUT2D eigenvalue weighted by Crippen LogP contribution is -2.46. The van der Waals surface area contributed by atoms with Gasteiger partial charge in [-0.3, -0.25) is 9.80 Å². The SMILES string of the molecule is CN1C2CCC1CN(C1CCCCCC1CN)CC2. The van der Waals surface area contributed by atoms with Crippen LogP contribution in [-0.4, -0.2) is 54.6 Å². The first-order valence-electron chi connectivity index (χ1n) is 8.45. The molecular formula is C16H31N3. The molecule has 2 aliphatic heterocycles. The fourth-order valence-electron chi connectivity index (χ4n) is 4.76. The van der Waals surface area contributed by atoms with Crippen LogP contribution in [0.4, 0.5) is 0 Å². The first-order valence-corrected chi connectivity index (χ1v) is 8.45. The van der Waals surface area contributed by atoms with Crippen LogP contribution in [0.2, 0.25) is 0 Å². The van der Waals surface area contributed by atoms with Crippen LogP contribution in [0.15, 0.2) is 0 Å². The minimum absolute atomic E-state index is 0.754. The van der Waals surface area contributed by atoms with Crippen molar-refractivity contribution in [3.63, 3.8) is 0 Å². The van der Waals surface area contributed by atoms with Crippen molar-refractivity contribution in [1.29, 1.82) is 0 Å². The molecule has 3 nitrogen and oxygen atoms in total. The smallest absolute Gasteiger partial charge is 0.0223 e. The Morgan fingerprint density at radius 2 is 1.74 bits per heavy atom. The van der Waals surface area contributed by atoms with Crippen molar-refractivity contribution in [2.24, 2.45) is 11.7 Å². The maximum Gasteiger partial charge on any atom is 0.0223 e. The number of fused-ring (bicyclic) bond motifs is 2. The van der Waals surface area contributed by atoms with Crippen molar-refractivity contribution in [1.82, 2.24) is 9.80 Å². The van der Waals surface area contributed by atoms with Gasteiger partial charge in [-0.15, -0.1) is 0 Å². The standard InChI is InChI=1S/C16H31N3/c1-18-14-7-8-15(18)12-19(10-9-14)16-6-4-2-3-5-13(16)11-17/h13-16H,2-12,17H2,1H3. The van der Waals surface area contributed by atoms with Gasteiger partial charge in [0.25, 0.3) is 0 Å². The third kappa shape index (κ3) is 2.84. The summed E-state index contributed by atoms with van der Waals surface area (Å²) in [4.78, 5) is 5.48. The van der Waals surface area contributed by atoms with Crippen LogP contribution in [-0.2, 0) is 0 Å². The Labute approximate surface area is 118 Å². The van der Waals surface area contributed by atoms with Gasteiger partial charge >= 0.3 is 0 Å². The Balaban J connectivity index is 1.69. The number of likely N-dealkylation sites (N-methyl/N-ethyl adjacent to an activating group) is 1. The fraction of sp³-hybridized carbons (Fsp3) is 1.00. The summed E-state index contributed by atoms with van der Waals surface area (Å²) in [7, 11) is 2.35. The van der Waals surface area contributed by atoms with Gasteiger partial charge in [0.2, 0.25) is 0 Å². The van der Waals surface area contributed by atoms with Gasteiger partial charge in [-0.1, -0.05) is 19.3 Å². The molecule has 1 saturated carbocycles. The molecule has 4 unspecified atom stereocenters. The largest absolute Gasteiger partial charge is 0.330 e. The van der Waals surface area contributed by atoms with Crippen molar-refractivity contribution in [2.45, 2.75) is 69.5 Å². The van der Waals surface area contributed by atoms with Gasteiger partial charge in [0.05, 0.1) is 0 Å². The Hall–Kier alpha value is -0.120. The summed E-state index contributed by atoms with van der Waals surface area (Å²) < 4.78 is 0. The minimum Gasteiger partial charge on any atom is -0.330 e. The van der Waals surface area contributed by atoms with Gasteiger partial charge in [0, 0.05) is 24.7 Å². The van der Waals surface area contributed by atoms with E-state index >= 15 is 0 Å². The molecule has 0 aromatic heterocycles. The predicted octanol–water partition coefficient (Wildman–Crippen LogP) is 2.06. The Morgan fingerprint density at radius 1 is 0.947 bits per heavy atom. The first-order chi connectivity index (χ1) is 9.29. The molecule has 3 rings (SSSR count). The number of likely N-dealkylation sites (tertiary alicyclic amines) is 1. The average molecular weight is 265 g/mol. The van der Waals surface area contributed by atoms with Gasteiger partial charge in [0.1, 0.15) is 0 Å². The number of rotatable bonds is 2. The summed E-state index contributed by atoms with van der Waals surface area (Å²) in [6, 6.07) is 2.45. The van der Waals surface area contributed by atoms with Crippen molar-refractivity contribution in [3.05, 3.63) is 0 Å². The molecule has 0 radical (unpaired) electrons. The highest BCUT2D eigenvalue weighted by Gasteiger charge is 2.38. The normalized spacial score (nSPS) is 42.0. The molecule has 2 saturated heterocycles. The molecule has 2 N–H and O–H groups in total. The zero-order valence-electron chi connectivity index (χ0n) is 12.6. The van der Waals surface area contributed by atoms with Crippen LogP contribution in [0, 0.1) is 5.92 Å². The number of hydrogen-bond acceptors (Lipinski definition) is 3. The van der Waals surface area contributed by atoms with Crippen LogP contribution in [0.25, 0.3) is 0 Å². The van der Waals surface area contributed by atoms with E-state index in [0.717, 1.165) is 30.6 Å². The summed E-state index contributed by atoms with van der Waals surface area (Å²) in [6.45, 7) is 3.51. The fourth-order valence-corrected chi connectivity index (χ4v) is 4.76. The number of nitrogens with two attached hydrogens (primary N) is 1. The minimum atomic E-state index is 0.754. The second-order valence-corrected chi connectivity index (χ2v) is 7.04. The molecular weight excluding hydrogens is 234 g/mol.